The van der Waals surface area contributed by atoms with Crippen molar-refractivity contribution in [1.29, 1.82) is 0 Å². The molecule has 0 unspecified atom stereocenters. The molecule has 0 radical (unpaired) electrons. The highest BCUT2D eigenvalue weighted by molar-refractivity contribution is 5.92. The first-order valence-corrected chi connectivity index (χ1v) is 7.16. The van der Waals surface area contributed by atoms with Crippen LogP contribution in [0.4, 0.5) is 18.9 Å². The summed E-state index contributed by atoms with van der Waals surface area (Å²) in [6.45, 7) is -0.897. The first-order valence-electron chi connectivity index (χ1n) is 7.16. The van der Waals surface area contributed by atoms with E-state index < -0.39 is 52.9 Å². The third-order valence-corrected chi connectivity index (χ3v) is 3.13. The van der Waals surface area contributed by atoms with Gasteiger partial charge in [0.1, 0.15) is 0 Å². The van der Waals surface area contributed by atoms with E-state index in [-0.39, 0.29) is 13.0 Å². The molecule has 0 aliphatic carbocycles. The predicted octanol–water partition coefficient (Wildman–Crippen LogP) is 0.526. The summed E-state index contributed by atoms with van der Waals surface area (Å²) < 4.78 is 44.9. The number of hydrogen-bond donors (Lipinski definition) is 2. The molecule has 0 spiro atoms. The van der Waals surface area contributed by atoms with Gasteiger partial charge in [-0.25, -0.2) is 18.0 Å². The number of nitrogens with zero attached hydrogens (tertiary/aromatic N) is 1. The predicted molar refractivity (Wildman–Crippen MR) is 81.8 cm³/mol. The molecule has 1 aromatic carbocycles. The van der Waals surface area contributed by atoms with Crippen LogP contribution in [0.15, 0.2) is 34.0 Å². The van der Waals surface area contributed by atoms with Crippen LogP contribution in [0.1, 0.15) is 6.42 Å². The average molecular weight is 371 g/mol. The van der Waals surface area contributed by atoms with Crippen LogP contribution in [0.3, 0.4) is 0 Å². The Bertz CT molecular complexity index is 954. The van der Waals surface area contributed by atoms with Gasteiger partial charge in [0.25, 0.3) is 11.5 Å². The van der Waals surface area contributed by atoms with Crippen LogP contribution in [-0.4, -0.2) is 28.0 Å². The maximum atomic E-state index is 13.4. The summed E-state index contributed by atoms with van der Waals surface area (Å²) in [4.78, 5) is 47.4. The molecule has 0 atom stereocenters. The van der Waals surface area contributed by atoms with Gasteiger partial charge in [-0.2, -0.15) is 0 Å². The summed E-state index contributed by atoms with van der Waals surface area (Å²) in [5.41, 5.74) is -1.91. The number of nitrogens with one attached hydrogen (secondary N) is 2. The van der Waals surface area contributed by atoms with Crippen molar-refractivity contribution in [2.45, 2.75) is 13.0 Å². The summed E-state index contributed by atoms with van der Waals surface area (Å²) in [6.07, 6.45) is 0.909. The number of aryl methyl sites for hydroxylation is 1. The third-order valence-electron chi connectivity index (χ3n) is 3.13. The largest absolute Gasteiger partial charge is 0.456 e. The fourth-order valence-corrected chi connectivity index (χ4v) is 1.86. The van der Waals surface area contributed by atoms with Crippen molar-refractivity contribution in [3.05, 3.63) is 62.7 Å². The van der Waals surface area contributed by atoms with E-state index in [0.717, 1.165) is 16.7 Å². The summed E-state index contributed by atoms with van der Waals surface area (Å²) in [7, 11) is 0. The number of amides is 1. The number of carbonyl (C=O) groups excluding carboxylic acids is 2. The first-order chi connectivity index (χ1) is 12.3. The molecule has 138 valence electrons. The van der Waals surface area contributed by atoms with E-state index in [4.69, 9.17) is 0 Å². The number of halogens is 3. The summed E-state index contributed by atoms with van der Waals surface area (Å²) in [5, 5.41) is 1.93. The fraction of sp³-hybridized carbons (Fsp3) is 0.200. The normalized spacial score (nSPS) is 10.4. The van der Waals surface area contributed by atoms with Crippen LogP contribution in [0.2, 0.25) is 0 Å². The standard InChI is InChI=1S/C15H12F3N3O5/c16-8-1-2-9(14(18)13(8)17)19-11(23)7-26-12(24)4-6-21-5-3-10(22)20-15(21)25/h1-3,5H,4,6-7H2,(H,19,23)(H,20,22,25). The quantitative estimate of drug-likeness (QED) is 0.568. The van der Waals surface area contributed by atoms with Gasteiger partial charge in [0.05, 0.1) is 12.1 Å². The number of hydrogen-bond acceptors (Lipinski definition) is 5. The Hall–Kier alpha value is -3.37. The lowest BCUT2D eigenvalue weighted by Gasteiger charge is -2.08. The molecule has 2 N–H and O–H groups in total. The molecular weight excluding hydrogens is 359 g/mol. The number of aromatic nitrogens is 2. The second kappa shape index (κ2) is 8.14. The molecule has 8 nitrogen and oxygen atoms in total. The summed E-state index contributed by atoms with van der Waals surface area (Å²) in [6, 6.07) is 2.54. The minimum Gasteiger partial charge on any atom is -0.456 e. The highest BCUT2D eigenvalue weighted by atomic mass is 19.2. The van der Waals surface area contributed by atoms with Gasteiger partial charge in [0.15, 0.2) is 24.1 Å². The van der Waals surface area contributed by atoms with Gasteiger partial charge < -0.3 is 14.6 Å². The van der Waals surface area contributed by atoms with E-state index >= 15 is 0 Å². The van der Waals surface area contributed by atoms with Gasteiger partial charge in [-0.15, -0.1) is 0 Å². The number of anilines is 1. The van der Waals surface area contributed by atoms with E-state index in [1.807, 2.05) is 10.3 Å². The van der Waals surface area contributed by atoms with Gasteiger partial charge in [-0.3, -0.25) is 19.4 Å². The second-order valence-corrected chi connectivity index (χ2v) is 4.99. The van der Waals surface area contributed by atoms with E-state index in [2.05, 4.69) is 4.74 Å². The van der Waals surface area contributed by atoms with Crippen LogP contribution in [0.5, 0.6) is 0 Å². The molecule has 2 aromatic rings. The zero-order valence-corrected chi connectivity index (χ0v) is 13.1. The number of benzene rings is 1. The lowest BCUT2D eigenvalue weighted by molar-refractivity contribution is -0.147. The van der Waals surface area contributed by atoms with Gasteiger partial charge >= 0.3 is 11.7 Å². The number of rotatable bonds is 6. The van der Waals surface area contributed by atoms with Crippen LogP contribution < -0.4 is 16.6 Å². The Morgan fingerprint density at radius 1 is 1.12 bits per heavy atom. The number of esters is 1. The maximum Gasteiger partial charge on any atom is 0.328 e. The first kappa shape index (κ1) is 19.0. The second-order valence-electron chi connectivity index (χ2n) is 4.99. The lowest BCUT2D eigenvalue weighted by Crippen LogP contribution is -2.29. The maximum absolute atomic E-state index is 13.4. The Morgan fingerprint density at radius 2 is 1.85 bits per heavy atom. The van der Waals surface area contributed by atoms with Crippen molar-refractivity contribution in [2.24, 2.45) is 0 Å². The van der Waals surface area contributed by atoms with Crippen LogP contribution in [0, 0.1) is 17.5 Å². The fourth-order valence-electron chi connectivity index (χ4n) is 1.86. The molecule has 0 fully saturated rings. The van der Waals surface area contributed by atoms with E-state index in [1.54, 1.807) is 0 Å². The molecular formula is C15H12F3N3O5. The minimum atomic E-state index is -1.74. The third kappa shape index (κ3) is 4.82. The van der Waals surface area contributed by atoms with Crippen molar-refractivity contribution in [3.8, 4) is 0 Å². The molecule has 0 saturated heterocycles. The van der Waals surface area contributed by atoms with Gasteiger partial charge in [0, 0.05) is 18.8 Å². The highest BCUT2D eigenvalue weighted by Gasteiger charge is 2.16. The van der Waals surface area contributed by atoms with Crippen molar-refractivity contribution in [2.75, 3.05) is 11.9 Å². The minimum absolute atomic E-state index is 0.103. The van der Waals surface area contributed by atoms with Gasteiger partial charge in [0.2, 0.25) is 0 Å². The smallest absolute Gasteiger partial charge is 0.328 e. The lowest BCUT2D eigenvalue weighted by atomic mass is 10.3. The van der Waals surface area contributed by atoms with Crippen molar-refractivity contribution in [1.82, 2.24) is 9.55 Å². The Morgan fingerprint density at radius 3 is 2.54 bits per heavy atom. The van der Waals surface area contributed by atoms with Crippen molar-refractivity contribution < 1.29 is 27.5 Å². The molecule has 0 bridgehead atoms. The number of H-pyrrole nitrogens is 1. The van der Waals surface area contributed by atoms with Crippen LogP contribution >= 0.6 is 0 Å². The number of aromatic amines is 1. The van der Waals surface area contributed by atoms with E-state index in [1.165, 1.54) is 6.20 Å². The zero-order valence-electron chi connectivity index (χ0n) is 13.1. The van der Waals surface area contributed by atoms with Crippen LogP contribution in [-0.2, 0) is 20.9 Å². The molecule has 0 aliphatic rings. The summed E-state index contributed by atoms with van der Waals surface area (Å²) in [5.74, 6) is -6.55. The van der Waals surface area contributed by atoms with Crippen molar-refractivity contribution in [3.63, 3.8) is 0 Å². The SMILES string of the molecule is O=C(COC(=O)CCn1ccc(=O)[nH]c1=O)Nc1ccc(F)c(F)c1F. The van der Waals surface area contributed by atoms with Gasteiger partial charge in [-0.05, 0) is 12.1 Å². The molecule has 2 rings (SSSR count). The number of carbonyl (C=O) groups is 2. The summed E-state index contributed by atoms with van der Waals surface area (Å²) >= 11 is 0. The Kier molecular flexibility index (Phi) is 5.94. The monoisotopic (exact) mass is 371 g/mol. The highest BCUT2D eigenvalue weighted by Crippen LogP contribution is 2.19. The molecule has 0 aliphatic heterocycles. The molecule has 1 heterocycles. The molecule has 26 heavy (non-hydrogen) atoms. The van der Waals surface area contributed by atoms with E-state index in [9.17, 15) is 32.3 Å². The van der Waals surface area contributed by atoms with Crippen molar-refractivity contribution >= 4 is 17.6 Å². The Balaban J connectivity index is 1.83. The van der Waals surface area contributed by atoms with E-state index in [0.29, 0.717) is 6.07 Å². The molecule has 11 heteroatoms. The van der Waals surface area contributed by atoms with Gasteiger partial charge in [-0.1, -0.05) is 0 Å². The topological polar surface area (TPSA) is 110 Å². The average Bonchev–Trinajstić information content (AvgIpc) is 2.59. The molecule has 0 saturated carbocycles. The molecule has 1 aromatic heterocycles. The molecule has 1 amide bonds. The zero-order chi connectivity index (χ0) is 19.3. The van der Waals surface area contributed by atoms with Crippen LogP contribution in [0.25, 0.3) is 0 Å². The number of ether oxygens (including phenoxy) is 1. The Labute approximate surface area is 143 Å².